The van der Waals surface area contributed by atoms with Crippen molar-refractivity contribution >= 4 is 100.0 Å². The zero-order valence-electron chi connectivity index (χ0n) is 77.5. The van der Waals surface area contributed by atoms with Crippen molar-refractivity contribution in [2.45, 2.75) is 53.5 Å². The number of hydrogen-bond acceptors (Lipinski definition) is 31. The Kier molecular flexibility index (Phi) is 37.0. The van der Waals surface area contributed by atoms with E-state index in [1.54, 1.807) is 71.0 Å². The van der Waals surface area contributed by atoms with Crippen LogP contribution in [0.3, 0.4) is 0 Å². The number of morpholine rings is 3. The van der Waals surface area contributed by atoms with E-state index in [2.05, 4.69) is 56.4 Å². The number of aliphatic hydroxyl groups excluding tert-OH is 1. The standard InChI is InChI=1S/C20H24FN5O4.C19H24FN5O4.C18H21FN4O4.C17H18Cl2N4O4.C17H18ClFN4O4/c1-12-10-14(4-5-15(12)21)11-22-18(29)16-17(28)19(30)24(3)20(23-16)26-8-6-25(7-9-26)13(2)27;1-23-18(29)16(27)15(17(28)21-12-13-2-4-14(20)5-3-13)22-19(23)25-8-6-24(7-9-25)10-11-26;1-11-9-12(3-4-13(11)19)10-20-16(25)14-15(24)17(26)22(2)18(21-14)23-5-7-27-8-6-23;1-22-16(26)14(24)13(21-17(22)23-4-6-27-7-5-23)15(25)20-9-10-2-3-11(18)12(19)8-10;1-22-16(26)14(24)13(21-17(22)23-4-6-27-7-5-23)15(25)20-9-10-2-3-12(19)11(18)8-10/h4-5,10,28H,6-9,11H2,1-3H3,(H,22,29);2-5,26-27H,6-12H2,1H3,(H,21,28);3-4,9,24H,5-8,10H2,1-2H3,(H,20,25);2*2-3,8,24H,4-7,9H2,1H3,(H,20,25). The number of hydrogen-bond donors (Lipinski definition) is 11. The van der Waals surface area contributed by atoms with Crippen LogP contribution in [0.5, 0.6) is 28.7 Å². The first-order valence-electron chi connectivity index (χ1n) is 43.8. The molecule has 5 aromatic carbocycles. The number of piperazine rings is 2. The summed E-state index contributed by atoms with van der Waals surface area (Å²) in [7, 11) is 7.41. The average Bonchev–Trinajstić information content (AvgIpc) is 0.851. The number of nitrogens with zero attached hydrogens (tertiary/aromatic N) is 17. The lowest BCUT2D eigenvalue weighted by molar-refractivity contribution is -0.129. The molecule has 10 aromatic rings. The maximum Gasteiger partial charge on any atom is 0.297 e. The van der Waals surface area contributed by atoms with Crippen molar-refractivity contribution in [2.75, 3.05) is 169 Å². The summed E-state index contributed by atoms with van der Waals surface area (Å²) < 4.78 is 74.8. The summed E-state index contributed by atoms with van der Waals surface area (Å²) in [5, 5.41) is 73.4. The molecule has 5 aliphatic heterocycles. The summed E-state index contributed by atoms with van der Waals surface area (Å²) in [6.07, 6.45) is 0. The second-order valence-electron chi connectivity index (χ2n) is 32.4. The summed E-state index contributed by atoms with van der Waals surface area (Å²) in [4.78, 5) is 170. The number of amides is 6. The van der Waals surface area contributed by atoms with Gasteiger partial charge >= 0.3 is 0 Å². The Balaban J connectivity index is 0.000000168. The first-order valence-corrected chi connectivity index (χ1v) is 45.0. The van der Waals surface area contributed by atoms with Crippen LogP contribution in [0.2, 0.25) is 15.1 Å². The van der Waals surface area contributed by atoms with Crippen LogP contribution in [0.25, 0.3) is 0 Å². The third-order valence-electron chi connectivity index (χ3n) is 22.8. The van der Waals surface area contributed by atoms with E-state index in [4.69, 9.17) is 54.1 Å². The summed E-state index contributed by atoms with van der Waals surface area (Å²) in [5.41, 5.74) is -1.07. The number of rotatable bonds is 22. The Bertz CT molecular complexity index is 6180. The number of carbonyl (C=O) groups is 6. The number of nitrogens with one attached hydrogen (secondary N) is 5. The number of aliphatic hydroxyl groups is 1. The number of carbonyl (C=O) groups excluding carboxylic acids is 6. The van der Waals surface area contributed by atoms with Gasteiger partial charge in [0.05, 0.1) is 61.3 Å². The topological polar surface area (TPSA) is 509 Å². The molecule has 0 bridgehead atoms. The number of β-amino-alcohol motifs (C(OH)–C–C–N with tert-alkyl or cyclic N) is 1. The molecule has 0 unspecified atom stereocenters. The fourth-order valence-electron chi connectivity index (χ4n) is 14.8. The first-order chi connectivity index (χ1) is 66.7. The molecule has 0 radical (unpaired) electrons. The molecule has 11 N–H and O–H groups in total. The molecule has 6 amide bonds. The van der Waals surface area contributed by atoms with E-state index in [0.29, 0.717) is 199 Å². The van der Waals surface area contributed by atoms with Crippen LogP contribution in [0.15, 0.2) is 121 Å². The van der Waals surface area contributed by atoms with Crippen LogP contribution in [0, 0.1) is 37.1 Å². The van der Waals surface area contributed by atoms with Gasteiger partial charge < -0.3 is 101 Å². The summed E-state index contributed by atoms with van der Waals surface area (Å²) in [6.45, 7) is 16.3. The van der Waals surface area contributed by atoms with Gasteiger partial charge in [-0.15, -0.1) is 0 Å². The second kappa shape index (κ2) is 48.8. The monoisotopic (exact) mass is 2010 g/mol. The lowest BCUT2D eigenvalue weighted by atomic mass is 10.1. The number of halogens is 7. The third kappa shape index (κ3) is 26.8. The van der Waals surface area contributed by atoms with Gasteiger partial charge in [-0.1, -0.05) is 83.3 Å². The third-order valence-corrected chi connectivity index (χ3v) is 23.9. The largest absolute Gasteiger partial charge is 0.501 e. The van der Waals surface area contributed by atoms with Gasteiger partial charge in [0.15, 0.2) is 28.5 Å². The maximum atomic E-state index is 13.4. The lowest BCUT2D eigenvalue weighted by Crippen LogP contribution is -2.49. The van der Waals surface area contributed by atoms with Crippen LogP contribution in [-0.4, -0.2) is 268 Å². The molecule has 0 spiro atoms. The number of benzene rings is 5. The maximum absolute atomic E-state index is 13.4. The van der Waals surface area contributed by atoms with Gasteiger partial charge in [0.2, 0.25) is 64.4 Å². The number of aryl methyl sites for hydroxylation is 2. The van der Waals surface area contributed by atoms with Crippen LogP contribution < -0.4 is 78.9 Å². The molecule has 5 aromatic heterocycles. The molecule has 10 heterocycles. The van der Waals surface area contributed by atoms with Crippen molar-refractivity contribution in [1.29, 1.82) is 0 Å². The van der Waals surface area contributed by atoms with E-state index >= 15 is 0 Å². The molecule has 140 heavy (non-hydrogen) atoms. The highest BCUT2D eigenvalue weighted by atomic mass is 35.5. The number of aromatic nitrogens is 10. The van der Waals surface area contributed by atoms with Gasteiger partial charge in [0.1, 0.15) is 23.3 Å². The second-order valence-corrected chi connectivity index (χ2v) is 33.6. The summed E-state index contributed by atoms with van der Waals surface area (Å²) >= 11 is 17.5. The SMILES string of the molecule is CC(=O)N1CCN(c2nc(C(=O)NCc3ccc(F)c(C)c3)c(O)c(=O)n2C)CC1.Cc1cc(CNC(=O)c2nc(N3CCOCC3)n(C)c(=O)c2O)ccc1F.Cn1c(N2CCN(CCO)CC2)nc(C(=O)NCc2ccc(F)cc2)c(O)c1=O.Cn1c(N2CCOCC2)nc(C(=O)NCc2ccc(Cl)c(Cl)c2)c(O)c1=O.Cn1c(N2CCOCC2)nc(C(=O)NCc2ccc(F)c(Cl)c2)c(O)c1=O. The molecule has 0 aliphatic carbocycles. The number of anilines is 5. The average molecular weight is 2010 g/mol. The molecule has 5 fully saturated rings. The minimum absolute atomic E-state index is 0.0294. The van der Waals surface area contributed by atoms with Crippen molar-refractivity contribution in [1.82, 2.24) is 84.1 Å². The smallest absolute Gasteiger partial charge is 0.297 e. The summed E-state index contributed by atoms with van der Waals surface area (Å²) in [5.74, 6) is -7.28. The van der Waals surface area contributed by atoms with Gasteiger partial charge in [0.25, 0.3) is 57.3 Å². The van der Waals surface area contributed by atoms with Crippen LogP contribution in [0.1, 0.15) is 98.3 Å². The predicted octanol–water partition coefficient (Wildman–Crippen LogP) is 3.51. The van der Waals surface area contributed by atoms with Gasteiger partial charge in [-0.3, -0.25) is 80.5 Å². The molecule has 0 atom stereocenters. The molecular weight excluding hydrogens is 1900 g/mol. The molecule has 5 aliphatic rings. The van der Waals surface area contributed by atoms with E-state index in [-0.39, 0.29) is 108 Å². The zero-order chi connectivity index (χ0) is 102. The predicted molar refractivity (Wildman–Crippen MR) is 507 cm³/mol. The Morgan fingerprint density at radius 1 is 0.343 bits per heavy atom. The van der Waals surface area contributed by atoms with Gasteiger partial charge in [-0.05, 0) is 101 Å². The Hall–Kier alpha value is -14.3. The van der Waals surface area contributed by atoms with E-state index in [9.17, 15) is 95.8 Å². The number of ether oxygens (including phenoxy) is 3. The highest BCUT2D eigenvalue weighted by Crippen LogP contribution is 2.27. The molecule has 15 rings (SSSR count). The van der Waals surface area contributed by atoms with Crippen LogP contribution in [0.4, 0.5) is 47.3 Å². The van der Waals surface area contributed by atoms with Gasteiger partial charge in [0, 0.05) is 173 Å². The lowest BCUT2D eigenvalue weighted by Gasteiger charge is -2.35. The van der Waals surface area contributed by atoms with Gasteiger partial charge in [-0.25, -0.2) is 42.5 Å². The van der Waals surface area contributed by atoms with E-state index in [1.807, 2.05) is 14.7 Å². The minimum atomic E-state index is -0.739. The zero-order valence-corrected chi connectivity index (χ0v) is 79.7. The Labute approximate surface area is 812 Å². The first kappa shape index (κ1) is 106. The molecule has 5 saturated heterocycles. The van der Waals surface area contributed by atoms with Gasteiger partial charge in [-0.2, -0.15) is 0 Å². The highest BCUT2D eigenvalue weighted by molar-refractivity contribution is 6.42. The fourth-order valence-corrected chi connectivity index (χ4v) is 15.3. The van der Waals surface area contributed by atoms with Crippen molar-refractivity contribution < 1.29 is 91.2 Å². The van der Waals surface area contributed by atoms with Crippen molar-refractivity contribution in [3.63, 3.8) is 0 Å². The van der Waals surface area contributed by atoms with Crippen LogP contribution >= 0.6 is 34.8 Å². The van der Waals surface area contributed by atoms with Crippen molar-refractivity contribution in [3.05, 3.63) is 255 Å². The molecule has 748 valence electrons. The quantitative estimate of drug-likeness (QED) is 0.0432. The summed E-state index contributed by atoms with van der Waals surface area (Å²) in [6, 6.07) is 23.6. The molecule has 0 saturated carbocycles. The van der Waals surface area contributed by atoms with Crippen LogP contribution in [-0.2, 0) is 87.0 Å². The molecular formula is C91H105Cl3F4N22O20. The van der Waals surface area contributed by atoms with E-state index in [1.165, 1.54) is 120 Å². The van der Waals surface area contributed by atoms with Crippen molar-refractivity contribution in [2.24, 2.45) is 35.2 Å². The van der Waals surface area contributed by atoms with E-state index < -0.39 is 91.9 Å². The Morgan fingerprint density at radius 3 is 0.879 bits per heavy atom. The molecule has 42 nitrogen and oxygen atoms in total. The fraction of sp³-hybridized carbons (Fsp3) is 0.385. The highest BCUT2D eigenvalue weighted by Gasteiger charge is 2.32. The minimum Gasteiger partial charge on any atom is -0.501 e. The normalized spacial score (nSPS) is 14.3. The molecule has 49 heteroatoms. The number of aromatic hydroxyl groups is 5. The van der Waals surface area contributed by atoms with E-state index in [0.717, 1.165) is 5.56 Å². The Morgan fingerprint density at radius 2 is 0.600 bits per heavy atom. The van der Waals surface area contributed by atoms with Crippen molar-refractivity contribution in [3.8, 4) is 28.7 Å².